The van der Waals surface area contributed by atoms with Crippen LogP contribution in [0.2, 0.25) is 0 Å². The summed E-state index contributed by atoms with van der Waals surface area (Å²) in [6.07, 6.45) is 15.0. The molecule has 0 unspecified atom stereocenters. The summed E-state index contributed by atoms with van der Waals surface area (Å²) >= 11 is 4.81. The Morgan fingerprint density at radius 2 is 2.08 bits per heavy atom. The van der Waals surface area contributed by atoms with E-state index >= 15 is 0 Å². The van der Waals surface area contributed by atoms with E-state index in [1.807, 2.05) is 36.4 Å². The molecule has 0 bridgehead atoms. The fourth-order valence-corrected chi connectivity index (χ4v) is 5.12. The molecular formula is C16H13N7S3. The lowest BCUT2D eigenvalue weighted by Crippen LogP contribution is -2.29. The molecule has 0 atom stereocenters. The number of hydrogen-bond donors (Lipinski definition) is 0. The molecular weight excluding hydrogens is 386 g/mol. The van der Waals surface area contributed by atoms with Crippen molar-refractivity contribution in [3.8, 4) is 0 Å². The van der Waals surface area contributed by atoms with Gasteiger partial charge in [-0.1, -0.05) is 18.2 Å². The average Bonchev–Trinajstić information content (AvgIpc) is 2.69. The van der Waals surface area contributed by atoms with E-state index in [1.165, 1.54) is 11.9 Å². The van der Waals surface area contributed by atoms with Crippen LogP contribution < -0.4 is 0 Å². The van der Waals surface area contributed by atoms with Gasteiger partial charge in [0.15, 0.2) is 5.84 Å². The Hall–Kier alpha value is -2.17. The highest BCUT2D eigenvalue weighted by atomic mass is 32.2. The minimum absolute atomic E-state index is 0.643. The van der Waals surface area contributed by atoms with Gasteiger partial charge in [-0.25, -0.2) is 0 Å². The van der Waals surface area contributed by atoms with Crippen LogP contribution in [-0.4, -0.2) is 48.4 Å². The molecule has 0 radical (unpaired) electrons. The summed E-state index contributed by atoms with van der Waals surface area (Å²) in [4.78, 5) is 9.96. The second kappa shape index (κ2) is 8.47. The van der Waals surface area contributed by atoms with Crippen LogP contribution in [-0.2, 0) is 0 Å². The van der Waals surface area contributed by atoms with Gasteiger partial charge in [0, 0.05) is 18.1 Å². The SMILES string of the molecule is C1=NCSN=C1N1SCSC(C2=N/C=C\C=C/C=C\2)=C1c1ccnnn1. The molecule has 1 aromatic rings. The molecule has 3 aliphatic heterocycles. The van der Waals surface area contributed by atoms with Crippen molar-refractivity contribution in [3.05, 3.63) is 59.4 Å². The minimum Gasteiger partial charge on any atom is -0.277 e. The Balaban J connectivity index is 1.86. The Bertz CT molecular complexity index is 884. The topological polar surface area (TPSA) is 79.0 Å². The highest BCUT2D eigenvalue weighted by molar-refractivity contribution is 8.18. The molecule has 4 heterocycles. The third-order valence-corrected chi connectivity index (χ3v) is 6.17. The molecule has 0 fully saturated rings. The summed E-state index contributed by atoms with van der Waals surface area (Å²) < 4.78 is 6.60. The number of amidine groups is 1. The second-order valence-corrected chi connectivity index (χ2v) is 7.95. The normalized spacial score (nSPS) is 25.6. The molecule has 7 nitrogen and oxygen atoms in total. The minimum atomic E-state index is 0.643. The highest BCUT2D eigenvalue weighted by Crippen LogP contribution is 2.42. The number of thioether (sulfide) groups is 1. The average molecular weight is 400 g/mol. The van der Waals surface area contributed by atoms with Crippen LogP contribution in [0.3, 0.4) is 0 Å². The van der Waals surface area contributed by atoms with Crippen LogP contribution in [0.5, 0.6) is 0 Å². The molecule has 0 saturated carbocycles. The molecule has 10 heteroatoms. The van der Waals surface area contributed by atoms with Gasteiger partial charge < -0.3 is 0 Å². The van der Waals surface area contributed by atoms with Gasteiger partial charge >= 0.3 is 0 Å². The highest BCUT2D eigenvalue weighted by Gasteiger charge is 2.29. The number of allylic oxidation sites excluding steroid dienone is 6. The largest absolute Gasteiger partial charge is 0.277 e. The molecule has 0 spiro atoms. The fraction of sp³-hybridized carbons (Fsp3) is 0.125. The van der Waals surface area contributed by atoms with Crippen LogP contribution >= 0.6 is 35.7 Å². The van der Waals surface area contributed by atoms with Gasteiger partial charge in [0.1, 0.15) is 11.6 Å². The van der Waals surface area contributed by atoms with Gasteiger partial charge in [-0.2, -0.15) is 4.40 Å². The Morgan fingerprint density at radius 3 is 2.92 bits per heavy atom. The van der Waals surface area contributed by atoms with Crippen molar-refractivity contribution < 1.29 is 0 Å². The van der Waals surface area contributed by atoms with E-state index in [1.54, 1.807) is 42.3 Å². The lowest BCUT2D eigenvalue weighted by molar-refractivity contribution is 0.833. The van der Waals surface area contributed by atoms with Gasteiger partial charge in [-0.05, 0) is 35.4 Å². The first-order valence-corrected chi connectivity index (χ1v) is 10.5. The zero-order valence-electron chi connectivity index (χ0n) is 13.5. The van der Waals surface area contributed by atoms with Gasteiger partial charge in [-0.15, -0.1) is 22.0 Å². The van der Waals surface area contributed by atoms with Crippen molar-refractivity contribution in [1.29, 1.82) is 0 Å². The maximum absolute atomic E-state index is 4.60. The van der Waals surface area contributed by atoms with Gasteiger partial charge in [0.05, 0.1) is 33.8 Å². The lowest BCUT2D eigenvalue weighted by Gasteiger charge is -2.31. The molecule has 1 aromatic heterocycles. The van der Waals surface area contributed by atoms with Crippen molar-refractivity contribution in [2.75, 3.05) is 11.0 Å². The van der Waals surface area contributed by atoms with Crippen LogP contribution in [0.4, 0.5) is 0 Å². The molecule has 0 aliphatic carbocycles. The van der Waals surface area contributed by atoms with E-state index in [4.69, 9.17) is 0 Å². The van der Waals surface area contributed by atoms with E-state index < -0.39 is 0 Å². The molecule has 130 valence electrons. The van der Waals surface area contributed by atoms with Crippen LogP contribution in [0.15, 0.2) is 68.1 Å². The fourth-order valence-electron chi connectivity index (χ4n) is 2.31. The summed E-state index contributed by atoms with van der Waals surface area (Å²) in [5.74, 6) is 1.42. The quantitative estimate of drug-likeness (QED) is 0.706. The van der Waals surface area contributed by atoms with Crippen LogP contribution in [0, 0.1) is 0 Å². The molecule has 0 saturated heterocycles. The molecule has 0 N–H and O–H groups in total. The van der Waals surface area contributed by atoms with E-state index in [9.17, 15) is 0 Å². The summed E-state index contributed by atoms with van der Waals surface area (Å²) in [6.45, 7) is 0. The number of aromatic nitrogens is 3. The molecule has 0 amide bonds. The Labute approximate surface area is 163 Å². The predicted molar refractivity (Wildman–Crippen MR) is 112 cm³/mol. The first-order chi connectivity index (χ1) is 12.9. The van der Waals surface area contributed by atoms with E-state index in [0.29, 0.717) is 5.88 Å². The zero-order valence-corrected chi connectivity index (χ0v) is 15.9. The summed E-state index contributed by atoms with van der Waals surface area (Å²) in [5, 5.41) is 12.7. The van der Waals surface area contributed by atoms with Crippen molar-refractivity contribution in [3.63, 3.8) is 0 Å². The third-order valence-electron chi connectivity index (χ3n) is 3.37. The maximum atomic E-state index is 4.60. The first kappa shape index (κ1) is 17.3. The first-order valence-electron chi connectivity index (χ1n) is 7.66. The maximum Gasteiger partial charge on any atom is 0.169 e. The zero-order chi connectivity index (χ0) is 17.6. The van der Waals surface area contributed by atoms with E-state index in [0.717, 1.165) is 32.9 Å². The number of hydrogen-bond acceptors (Lipinski definition) is 10. The van der Waals surface area contributed by atoms with Gasteiger partial charge in [0.25, 0.3) is 0 Å². The van der Waals surface area contributed by atoms with Gasteiger partial charge in [-0.3, -0.25) is 14.3 Å². The Morgan fingerprint density at radius 1 is 1.12 bits per heavy atom. The van der Waals surface area contributed by atoms with E-state index in [-0.39, 0.29) is 0 Å². The van der Waals surface area contributed by atoms with Crippen LogP contribution in [0.1, 0.15) is 5.69 Å². The van der Waals surface area contributed by atoms with Gasteiger partial charge in [0.2, 0.25) is 0 Å². The number of aliphatic imine (C=N–C) groups is 2. The standard InChI is InChI=1S/C16H13N7S3/c1-2-4-7-18-13(5-3-1)16-15(12-6-8-19-22-20-12)23(26-11-24-16)14-9-17-10-25-21-14/h1-9H,10-11H2/b2-1-,3-1?,4-2?,5-3-,7-4-,13-5?,18-7?,18-13+. The molecule has 3 aliphatic rings. The lowest BCUT2D eigenvalue weighted by atomic mass is 10.2. The summed E-state index contributed by atoms with van der Waals surface area (Å²) in [6, 6.07) is 1.85. The number of rotatable bonds is 2. The molecule has 4 rings (SSSR count). The monoisotopic (exact) mass is 399 g/mol. The van der Waals surface area contributed by atoms with E-state index in [2.05, 4.69) is 34.1 Å². The van der Waals surface area contributed by atoms with Crippen molar-refractivity contribution >= 4 is 59.1 Å². The van der Waals surface area contributed by atoms with Crippen molar-refractivity contribution in [1.82, 2.24) is 19.7 Å². The Kier molecular flexibility index (Phi) is 5.62. The summed E-state index contributed by atoms with van der Waals surface area (Å²) in [5.41, 5.74) is 2.49. The predicted octanol–water partition coefficient (Wildman–Crippen LogP) is 3.36. The van der Waals surface area contributed by atoms with Crippen LogP contribution in [0.25, 0.3) is 5.70 Å². The third kappa shape index (κ3) is 3.81. The van der Waals surface area contributed by atoms with Crippen molar-refractivity contribution in [2.24, 2.45) is 14.4 Å². The number of nitrogens with zero attached hydrogens (tertiary/aromatic N) is 7. The smallest absolute Gasteiger partial charge is 0.169 e. The molecule has 0 aromatic carbocycles. The van der Waals surface area contributed by atoms with Crippen molar-refractivity contribution in [2.45, 2.75) is 0 Å². The molecule has 26 heavy (non-hydrogen) atoms. The second-order valence-electron chi connectivity index (χ2n) is 4.99. The summed E-state index contributed by atoms with van der Waals surface area (Å²) in [7, 11) is 0.